The number of hydrogen-bond acceptors (Lipinski definition) is 6. The van der Waals surface area contributed by atoms with Crippen molar-refractivity contribution in [2.45, 2.75) is 55.5 Å². The van der Waals surface area contributed by atoms with Gasteiger partial charge < -0.3 is 4.90 Å². The zero-order chi connectivity index (χ0) is 24.8. The molecule has 4 rings (SSSR count). The molecule has 2 atom stereocenters. The fourth-order valence-electron chi connectivity index (χ4n) is 4.47. The standard InChI is InChI=1S/C25H32FN5O3S/c1-31(24(32)14-15-27-25-21-8-4-5-9-23(21)35(33,34)30-25)16-6-2-3-7-20-17-22(29-28-20)18-10-12-19(26)13-11-18/h4-5,8-13,20,22,28-29H,2-3,6-7,14-17H2,1H3,(H,27,30). The highest BCUT2D eigenvalue weighted by molar-refractivity contribution is 7.90. The predicted molar refractivity (Wildman–Crippen MR) is 133 cm³/mol. The first-order valence-corrected chi connectivity index (χ1v) is 13.5. The molecule has 0 radical (unpaired) electrons. The number of amides is 1. The molecule has 1 saturated heterocycles. The number of nitrogens with zero attached hydrogens (tertiary/aromatic N) is 2. The molecule has 2 aromatic carbocycles. The fourth-order valence-corrected chi connectivity index (χ4v) is 5.72. The molecule has 35 heavy (non-hydrogen) atoms. The predicted octanol–water partition coefficient (Wildman–Crippen LogP) is 2.88. The van der Waals surface area contributed by atoms with E-state index in [2.05, 4.69) is 20.6 Å². The minimum absolute atomic E-state index is 0.00714. The Balaban J connectivity index is 1.11. The summed E-state index contributed by atoms with van der Waals surface area (Å²) in [6.07, 6.45) is 5.24. The molecule has 2 aliphatic heterocycles. The number of amidine groups is 1. The molecule has 10 heteroatoms. The third-order valence-corrected chi connectivity index (χ3v) is 7.88. The molecule has 1 amide bonds. The lowest BCUT2D eigenvalue weighted by Gasteiger charge is -2.17. The third-order valence-electron chi connectivity index (χ3n) is 6.48. The van der Waals surface area contributed by atoms with Crippen LogP contribution in [-0.2, 0) is 14.8 Å². The molecule has 0 aliphatic carbocycles. The molecule has 0 aromatic heterocycles. The van der Waals surface area contributed by atoms with Crippen molar-refractivity contribution < 1.29 is 17.6 Å². The van der Waals surface area contributed by atoms with Crippen LogP contribution < -0.4 is 15.6 Å². The molecular weight excluding hydrogens is 469 g/mol. The maximum Gasteiger partial charge on any atom is 0.263 e. The van der Waals surface area contributed by atoms with Crippen LogP contribution in [0.5, 0.6) is 0 Å². The lowest BCUT2D eigenvalue weighted by atomic mass is 9.99. The Morgan fingerprint density at radius 2 is 1.86 bits per heavy atom. The summed E-state index contributed by atoms with van der Waals surface area (Å²) in [5.74, 6) is 0.0695. The highest BCUT2D eigenvalue weighted by Crippen LogP contribution is 2.25. The Morgan fingerprint density at radius 3 is 2.66 bits per heavy atom. The maximum atomic E-state index is 13.1. The maximum absolute atomic E-state index is 13.1. The Labute approximate surface area is 206 Å². The number of nitrogens with one attached hydrogen (secondary N) is 3. The van der Waals surface area contributed by atoms with E-state index in [9.17, 15) is 17.6 Å². The number of halogens is 1. The Hall–Kier alpha value is -2.82. The topological polar surface area (TPSA) is 103 Å². The van der Waals surface area contributed by atoms with Gasteiger partial charge in [0, 0.05) is 37.7 Å². The monoisotopic (exact) mass is 501 g/mol. The van der Waals surface area contributed by atoms with Gasteiger partial charge >= 0.3 is 0 Å². The summed E-state index contributed by atoms with van der Waals surface area (Å²) in [6, 6.07) is 13.9. The summed E-state index contributed by atoms with van der Waals surface area (Å²) < 4.78 is 39.8. The molecule has 0 spiro atoms. The van der Waals surface area contributed by atoms with E-state index >= 15 is 0 Å². The van der Waals surface area contributed by atoms with E-state index in [1.807, 2.05) is 12.1 Å². The smallest absolute Gasteiger partial charge is 0.263 e. The summed E-state index contributed by atoms with van der Waals surface area (Å²) in [6.45, 7) is 0.907. The second-order valence-corrected chi connectivity index (χ2v) is 10.7. The number of benzene rings is 2. The average Bonchev–Trinajstić information content (AvgIpc) is 3.41. The van der Waals surface area contributed by atoms with Gasteiger partial charge in [0.05, 0.1) is 11.4 Å². The quantitative estimate of drug-likeness (QED) is 0.435. The molecular formula is C25H32FN5O3S. The second-order valence-electron chi connectivity index (χ2n) is 9.07. The van der Waals surface area contributed by atoms with E-state index in [0.29, 0.717) is 24.0 Å². The lowest BCUT2D eigenvalue weighted by Crippen LogP contribution is -2.31. The van der Waals surface area contributed by atoms with Gasteiger partial charge in [0.15, 0.2) is 0 Å². The molecule has 2 aromatic rings. The van der Waals surface area contributed by atoms with Gasteiger partial charge in [-0.25, -0.2) is 12.8 Å². The van der Waals surface area contributed by atoms with Crippen molar-refractivity contribution in [3.63, 3.8) is 0 Å². The van der Waals surface area contributed by atoms with Gasteiger partial charge in [-0.2, -0.15) is 0 Å². The SMILES string of the molecule is CN(CCCCCC1CC(c2ccc(F)cc2)NN1)C(=O)CCN=C1NS(=O)(=O)c2ccccc21. The van der Waals surface area contributed by atoms with E-state index in [1.165, 1.54) is 12.1 Å². The Kier molecular flexibility index (Phi) is 8.15. The zero-order valence-electron chi connectivity index (χ0n) is 19.8. The van der Waals surface area contributed by atoms with E-state index in [-0.39, 0.29) is 35.6 Å². The van der Waals surface area contributed by atoms with E-state index in [1.54, 1.807) is 36.2 Å². The molecule has 3 N–H and O–H groups in total. The summed E-state index contributed by atoms with van der Waals surface area (Å²) in [5.41, 5.74) is 8.25. The van der Waals surface area contributed by atoms with Crippen molar-refractivity contribution in [2.24, 2.45) is 4.99 Å². The highest BCUT2D eigenvalue weighted by atomic mass is 32.2. The minimum Gasteiger partial charge on any atom is -0.346 e. The summed E-state index contributed by atoms with van der Waals surface area (Å²) in [7, 11) is -1.77. The normalized spacial score (nSPS) is 21.6. The van der Waals surface area contributed by atoms with Crippen LogP contribution in [0, 0.1) is 5.82 Å². The molecule has 8 nitrogen and oxygen atoms in total. The van der Waals surface area contributed by atoms with Crippen molar-refractivity contribution >= 4 is 21.8 Å². The zero-order valence-corrected chi connectivity index (χ0v) is 20.7. The first kappa shape index (κ1) is 25.3. The third kappa shape index (κ3) is 6.45. The largest absolute Gasteiger partial charge is 0.346 e. The van der Waals surface area contributed by atoms with Crippen LogP contribution >= 0.6 is 0 Å². The first-order valence-electron chi connectivity index (χ1n) is 12.0. The van der Waals surface area contributed by atoms with Crippen LogP contribution in [0.25, 0.3) is 0 Å². The highest BCUT2D eigenvalue weighted by Gasteiger charge is 2.30. The molecule has 2 unspecified atom stereocenters. The van der Waals surface area contributed by atoms with Crippen molar-refractivity contribution in [3.8, 4) is 0 Å². The number of hydrazine groups is 1. The van der Waals surface area contributed by atoms with E-state index in [0.717, 1.165) is 37.7 Å². The number of carbonyl (C=O) groups excluding carboxylic acids is 1. The Morgan fingerprint density at radius 1 is 1.09 bits per heavy atom. The number of hydrogen-bond donors (Lipinski definition) is 3. The number of rotatable bonds is 10. The van der Waals surface area contributed by atoms with E-state index < -0.39 is 10.0 Å². The minimum atomic E-state index is -3.56. The molecule has 2 aliphatic rings. The van der Waals surface area contributed by atoms with Crippen LogP contribution in [0.1, 0.15) is 55.7 Å². The van der Waals surface area contributed by atoms with Crippen molar-refractivity contribution in [1.82, 2.24) is 20.5 Å². The van der Waals surface area contributed by atoms with Gasteiger partial charge in [0.25, 0.3) is 10.0 Å². The van der Waals surface area contributed by atoms with Gasteiger partial charge in [-0.15, -0.1) is 0 Å². The average molecular weight is 502 g/mol. The van der Waals surface area contributed by atoms with Gasteiger partial charge in [-0.3, -0.25) is 25.4 Å². The van der Waals surface area contributed by atoms with Crippen LogP contribution in [0.15, 0.2) is 58.4 Å². The number of fused-ring (bicyclic) bond motifs is 1. The summed E-state index contributed by atoms with van der Waals surface area (Å²) in [5, 5.41) is 0. The van der Waals surface area contributed by atoms with Crippen LogP contribution in [0.2, 0.25) is 0 Å². The van der Waals surface area contributed by atoms with Crippen molar-refractivity contribution in [3.05, 3.63) is 65.5 Å². The number of unbranched alkanes of at least 4 members (excludes halogenated alkanes) is 2. The fraction of sp³-hybridized carbons (Fsp3) is 0.440. The summed E-state index contributed by atoms with van der Waals surface area (Å²) in [4.78, 5) is 18.7. The first-order chi connectivity index (χ1) is 16.8. The lowest BCUT2D eigenvalue weighted by molar-refractivity contribution is -0.129. The van der Waals surface area contributed by atoms with Crippen LogP contribution in [-0.4, -0.2) is 51.2 Å². The van der Waals surface area contributed by atoms with Gasteiger partial charge in [0.1, 0.15) is 11.7 Å². The number of carbonyl (C=O) groups is 1. The molecule has 2 heterocycles. The van der Waals surface area contributed by atoms with Crippen LogP contribution in [0.4, 0.5) is 4.39 Å². The van der Waals surface area contributed by atoms with Crippen molar-refractivity contribution in [1.29, 1.82) is 0 Å². The molecule has 0 saturated carbocycles. The van der Waals surface area contributed by atoms with E-state index in [4.69, 9.17) is 0 Å². The van der Waals surface area contributed by atoms with Gasteiger partial charge in [-0.1, -0.05) is 37.1 Å². The number of sulfonamides is 1. The summed E-state index contributed by atoms with van der Waals surface area (Å²) >= 11 is 0. The van der Waals surface area contributed by atoms with Gasteiger partial charge in [-0.05, 0) is 49.1 Å². The number of aliphatic imine (C=N–C) groups is 1. The van der Waals surface area contributed by atoms with Crippen LogP contribution in [0.3, 0.4) is 0 Å². The Bertz CT molecular complexity index is 1170. The molecule has 1 fully saturated rings. The van der Waals surface area contributed by atoms with Gasteiger partial charge in [0.2, 0.25) is 5.91 Å². The van der Waals surface area contributed by atoms with Crippen molar-refractivity contribution in [2.75, 3.05) is 20.1 Å². The second kappa shape index (κ2) is 11.3. The molecule has 188 valence electrons. The molecule has 0 bridgehead atoms.